The van der Waals surface area contributed by atoms with Crippen molar-refractivity contribution >= 4 is 11.9 Å². The minimum Gasteiger partial charge on any atom is -0.351 e. The van der Waals surface area contributed by atoms with Crippen LogP contribution in [0.1, 0.15) is 19.3 Å². The molecular weight excluding hydrogens is 182 g/mol. The largest absolute Gasteiger partial charge is 0.351 e. The van der Waals surface area contributed by atoms with Gasteiger partial charge in [0, 0.05) is 5.92 Å². The molecule has 2 aliphatic rings. The van der Waals surface area contributed by atoms with Crippen LogP contribution in [0.15, 0.2) is 0 Å². The highest BCUT2D eigenvalue weighted by molar-refractivity contribution is 5.96. The Hall–Kier alpha value is -1.10. The number of piperidine rings is 1. The summed E-state index contributed by atoms with van der Waals surface area (Å²) in [6.07, 6.45) is 2.97. The maximum Gasteiger partial charge on any atom is 0.318 e. The second kappa shape index (κ2) is 3.24. The van der Waals surface area contributed by atoms with Crippen molar-refractivity contribution in [3.63, 3.8) is 0 Å². The first kappa shape index (κ1) is 9.45. The lowest BCUT2D eigenvalue weighted by atomic mass is 9.92. The van der Waals surface area contributed by atoms with Gasteiger partial charge in [0.25, 0.3) is 0 Å². The molecule has 2 fully saturated rings. The summed E-state index contributed by atoms with van der Waals surface area (Å²) >= 11 is 0. The zero-order valence-corrected chi connectivity index (χ0v) is 8.01. The molecule has 1 saturated heterocycles. The molecule has 1 spiro atoms. The molecule has 0 aromatic rings. The minimum absolute atomic E-state index is 0.0112. The Balaban J connectivity index is 1.90. The summed E-state index contributed by atoms with van der Waals surface area (Å²) in [5.74, 6) is -0.184. The Bertz CT molecular complexity index is 271. The Kier molecular flexibility index (Phi) is 2.19. The molecule has 1 aliphatic carbocycles. The lowest BCUT2D eigenvalue weighted by Crippen LogP contribution is -2.38. The first-order valence-electron chi connectivity index (χ1n) is 4.95. The van der Waals surface area contributed by atoms with Crippen molar-refractivity contribution < 1.29 is 9.59 Å². The maximum absolute atomic E-state index is 11.5. The van der Waals surface area contributed by atoms with E-state index in [1.807, 2.05) is 0 Å². The summed E-state index contributed by atoms with van der Waals surface area (Å²) in [6, 6.07) is -0.744. The topological polar surface area (TPSA) is 84.2 Å². The number of primary amides is 1. The lowest BCUT2D eigenvalue weighted by molar-refractivity contribution is -0.122. The summed E-state index contributed by atoms with van der Waals surface area (Å²) < 4.78 is 0. The van der Waals surface area contributed by atoms with Gasteiger partial charge in [-0.2, -0.15) is 0 Å². The predicted molar refractivity (Wildman–Crippen MR) is 50.4 cm³/mol. The molecule has 1 aliphatic heterocycles. The summed E-state index contributed by atoms with van der Waals surface area (Å²) in [7, 11) is 0. The molecule has 0 bridgehead atoms. The van der Waals surface area contributed by atoms with Gasteiger partial charge in [0.2, 0.25) is 5.91 Å². The van der Waals surface area contributed by atoms with Crippen LogP contribution in [0.4, 0.5) is 4.79 Å². The van der Waals surface area contributed by atoms with E-state index in [0.29, 0.717) is 0 Å². The van der Waals surface area contributed by atoms with E-state index in [1.165, 1.54) is 0 Å². The minimum atomic E-state index is -0.744. The van der Waals surface area contributed by atoms with Crippen LogP contribution in [0, 0.1) is 11.3 Å². The molecule has 1 unspecified atom stereocenters. The number of hydrogen-bond donors (Lipinski definition) is 3. The fourth-order valence-electron chi connectivity index (χ4n) is 2.40. The Labute approximate surface area is 82.4 Å². The number of carbonyl (C=O) groups is 2. The summed E-state index contributed by atoms with van der Waals surface area (Å²) in [6.45, 7) is 1.95. The van der Waals surface area contributed by atoms with Gasteiger partial charge in [0.1, 0.15) is 0 Å². The van der Waals surface area contributed by atoms with Crippen LogP contribution in [0.2, 0.25) is 0 Å². The first-order valence-corrected chi connectivity index (χ1v) is 4.95. The Morgan fingerprint density at radius 3 is 2.57 bits per heavy atom. The number of hydrogen-bond acceptors (Lipinski definition) is 3. The van der Waals surface area contributed by atoms with Crippen LogP contribution >= 0.6 is 0 Å². The molecule has 78 valence electrons. The van der Waals surface area contributed by atoms with Gasteiger partial charge in [0.05, 0.1) is 0 Å². The highest BCUT2D eigenvalue weighted by atomic mass is 16.2. The molecule has 1 atom stereocenters. The van der Waals surface area contributed by atoms with Gasteiger partial charge >= 0.3 is 6.03 Å². The number of carbonyl (C=O) groups excluding carboxylic acids is 2. The summed E-state index contributed by atoms with van der Waals surface area (Å²) in [4.78, 5) is 21.9. The second-order valence-corrected chi connectivity index (χ2v) is 4.22. The van der Waals surface area contributed by atoms with Crippen molar-refractivity contribution in [1.29, 1.82) is 0 Å². The van der Waals surface area contributed by atoms with Crippen LogP contribution in [0.3, 0.4) is 0 Å². The highest BCUT2D eigenvalue weighted by Crippen LogP contribution is 2.58. The second-order valence-electron chi connectivity index (χ2n) is 4.22. The molecule has 0 radical (unpaired) electrons. The average Bonchev–Trinajstić information content (AvgIpc) is 2.80. The predicted octanol–water partition coefficient (Wildman–Crippen LogP) is -0.429. The molecule has 0 aromatic heterocycles. The molecule has 1 heterocycles. The average molecular weight is 197 g/mol. The Morgan fingerprint density at radius 1 is 1.36 bits per heavy atom. The monoisotopic (exact) mass is 197 g/mol. The quantitative estimate of drug-likeness (QED) is 0.533. The number of nitrogens with two attached hydrogens (primary N) is 1. The smallest absolute Gasteiger partial charge is 0.318 e. The van der Waals surface area contributed by atoms with E-state index in [2.05, 4.69) is 10.6 Å². The van der Waals surface area contributed by atoms with Gasteiger partial charge in [-0.15, -0.1) is 0 Å². The zero-order valence-electron chi connectivity index (χ0n) is 8.01. The van der Waals surface area contributed by atoms with Crippen molar-refractivity contribution in [3.8, 4) is 0 Å². The van der Waals surface area contributed by atoms with Crippen molar-refractivity contribution in [2.24, 2.45) is 17.1 Å². The normalized spacial score (nSPS) is 28.4. The van der Waals surface area contributed by atoms with Gasteiger partial charge in [-0.1, -0.05) is 0 Å². The molecule has 0 aromatic carbocycles. The van der Waals surface area contributed by atoms with E-state index in [4.69, 9.17) is 5.73 Å². The molecule has 3 amide bonds. The standard InChI is InChI=1S/C9H15N3O2/c10-8(14)12-7(13)6-5-9(6)1-3-11-4-2-9/h6,11H,1-5H2,(H3,10,12,13,14). The zero-order chi connectivity index (χ0) is 10.2. The molecular formula is C9H15N3O2. The fourth-order valence-corrected chi connectivity index (χ4v) is 2.40. The highest BCUT2D eigenvalue weighted by Gasteiger charge is 2.57. The van der Waals surface area contributed by atoms with Crippen molar-refractivity contribution in [2.45, 2.75) is 19.3 Å². The third-order valence-electron chi connectivity index (χ3n) is 3.35. The van der Waals surface area contributed by atoms with Gasteiger partial charge in [-0.25, -0.2) is 4.79 Å². The van der Waals surface area contributed by atoms with Crippen LogP contribution in [-0.2, 0) is 4.79 Å². The summed E-state index contributed by atoms with van der Waals surface area (Å²) in [5.41, 5.74) is 5.07. The van der Waals surface area contributed by atoms with Gasteiger partial charge in [-0.05, 0) is 37.8 Å². The SMILES string of the molecule is NC(=O)NC(=O)C1CC12CCNCC2. The number of nitrogens with one attached hydrogen (secondary N) is 2. The number of amides is 3. The van der Waals surface area contributed by atoms with E-state index in [9.17, 15) is 9.59 Å². The molecule has 5 heteroatoms. The van der Waals surface area contributed by atoms with E-state index in [1.54, 1.807) is 0 Å². The Morgan fingerprint density at radius 2 is 2.00 bits per heavy atom. The van der Waals surface area contributed by atoms with E-state index in [-0.39, 0.29) is 17.2 Å². The van der Waals surface area contributed by atoms with Gasteiger partial charge < -0.3 is 11.1 Å². The van der Waals surface area contributed by atoms with Crippen LogP contribution in [-0.4, -0.2) is 25.0 Å². The number of urea groups is 1. The maximum atomic E-state index is 11.5. The van der Waals surface area contributed by atoms with Crippen LogP contribution in [0.25, 0.3) is 0 Å². The fraction of sp³-hybridized carbons (Fsp3) is 0.778. The van der Waals surface area contributed by atoms with E-state index in [0.717, 1.165) is 32.4 Å². The van der Waals surface area contributed by atoms with Gasteiger partial charge in [-0.3, -0.25) is 10.1 Å². The van der Waals surface area contributed by atoms with Gasteiger partial charge in [0.15, 0.2) is 0 Å². The molecule has 5 nitrogen and oxygen atoms in total. The van der Waals surface area contributed by atoms with Crippen LogP contribution < -0.4 is 16.4 Å². The van der Waals surface area contributed by atoms with E-state index < -0.39 is 6.03 Å². The molecule has 1 saturated carbocycles. The summed E-state index contributed by atoms with van der Waals surface area (Å²) in [5, 5.41) is 5.41. The lowest BCUT2D eigenvalue weighted by Gasteiger charge is -2.22. The molecule has 4 N–H and O–H groups in total. The van der Waals surface area contributed by atoms with E-state index >= 15 is 0 Å². The van der Waals surface area contributed by atoms with Crippen molar-refractivity contribution in [1.82, 2.24) is 10.6 Å². The third kappa shape index (κ3) is 1.59. The number of imide groups is 1. The first-order chi connectivity index (χ1) is 6.64. The van der Waals surface area contributed by atoms with Crippen LogP contribution in [0.5, 0.6) is 0 Å². The number of rotatable bonds is 1. The third-order valence-corrected chi connectivity index (χ3v) is 3.35. The molecule has 2 rings (SSSR count). The van der Waals surface area contributed by atoms with Crippen molar-refractivity contribution in [2.75, 3.05) is 13.1 Å². The molecule has 14 heavy (non-hydrogen) atoms. The van der Waals surface area contributed by atoms with Crippen molar-refractivity contribution in [3.05, 3.63) is 0 Å².